The van der Waals surface area contributed by atoms with E-state index in [4.69, 9.17) is 9.47 Å². The van der Waals surface area contributed by atoms with Crippen LogP contribution in [0.2, 0.25) is 0 Å². The van der Waals surface area contributed by atoms with E-state index in [2.05, 4.69) is 65.3 Å². The van der Waals surface area contributed by atoms with Crippen molar-refractivity contribution in [3.63, 3.8) is 0 Å². The van der Waals surface area contributed by atoms with Crippen molar-refractivity contribution in [1.82, 2.24) is 4.90 Å². The third kappa shape index (κ3) is 6.57. The normalized spacial score (nSPS) is 15.6. The molecule has 0 N–H and O–H groups in total. The van der Waals surface area contributed by atoms with E-state index in [1.807, 2.05) is 37.3 Å². The van der Waals surface area contributed by atoms with Gasteiger partial charge in [0.25, 0.3) is 0 Å². The summed E-state index contributed by atoms with van der Waals surface area (Å²) in [7, 11) is 1.71. The van der Waals surface area contributed by atoms with Crippen LogP contribution in [0.4, 0.5) is 5.69 Å². The van der Waals surface area contributed by atoms with Gasteiger partial charge in [-0.05, 0) is 73.2 Å². The second-order valence-electron chi connectivity index (χ2n) is 10.2. The lowest BCUT2D eigenvalue weighted by Gasteiger charge is -2.37. The Labute approximate surface area is 228 Å². The average Bonchev–Trinajstić information content (AvgIpc) is 2.99. The van der Waals surface area contributed by atoms with Crippen molar-refractivity contribution in [2.75, 3.05) is 51.3 Å². The lowest BCUT2D eigenvalue weighted by atomic mass is 9.74. The zero-order chi connectivity index (χ0) is 26.8. The predicted molar refractivity (Wildman–Crippen MR) is 156 cm³/mol. The molecule has 202 valence electrons. The molecule has 5 heteroatoms. The summed E-state index contributed by atoms with van der Waals surface area (Å²) < 4.78 is 11.1. The smallest absolute Gasteiger partial charge is 0.316 e. The highest BCUT2D eigenvalue weighted by Crippen LogP contribution is 2.35. The zero-order valence-corrected chi connectivity index (χ0v) is 23.2. The Balaban J connectivity index is 1.35. The molecule has 1 atom stereocenters. The molecule has 5 nitrogen and oxygen atoms in total. The van der Waals surface area contributed by atoms with E-state index in [9.17, 15) is 4.79 Å². The molecule has 3 aromatic carbocycles. The van der Waals surface area contributed by atoms with Crippen LogP contribution in [-0.4, -0.2) is 57.3 Å². The highest BCUT2D eigenvalue weighted by molar-refractivity contribution is 5.83. The summed E-state index contributed by atoms with van der Waals surface area (Å²) in [6.07, 6.45) is 3.36. The summed E-state index contributed by atoms with van der Waals surface area (Å²) in [6, 6.07) is 27.2. The van der Waals surface area contributed by atoms with E-state index < -0.39 is 5.41 Å². The molecule has 1 fully saturated rings. The number of anilines is 1. The van der Waals surface area contributed by atoms with Crippen LogP contribution in [0.25, 0.3) is 11.1 Å². The van der Waals surface area contributed by atoms with Gasteiger partial charge in [-0.3, -0.25) is 9.69 Å². The van der Waals surface area contributed by atoms with Gasteiger partial charge in [-0.2, -0.15) is 0 Å². The lowest BCUT2D eigenvalue weighted by molar-refractivity contribution is -0.151. The van der Waals surface area contributed by atoms with Crippen LogP contribution in [0.15, 0.2) is 78.9 Å². The minimum Gasteiger partial charge on any atom is -0.497 e. The summed E-state index contributed by atoms with van der Waals surface area (Å²) in [5.41, 5.74) is 4.14. The lowest BCUT2D eigenvalue weighted by Crippen LogP contribution is -2.47. The molecule has 38 heavy (non-hydrogen) atoms. The molecule has 1 heterocycles. The number of methoxy groups -OCH3 is 1. The van der Waals surface area contributed by atoms with Crippen LogP contribution >= 0.6 is 0 Å². The first kappa shape index (κ1) is 27.7. The maximum absolute atomic E-state index is 13.3. The van der Waals surface area contributed by atoms with Crippen LogP contribution in [0.5, 0.6) is 5.75 Å². The Kier molecular flexibility index (Phi) is 9.83. The minimum atomic E-state index is -0.571. The van der Waals surface area contributed by atoms with E-state index in [1.165, 1.54) is 16.8 Å². The highest BCUT2D eigenvalue weighted by Gasteiger charge is 2.39. The quantitative estimate of drug-likeness (QED) is 0.256. The van der Waals surface area contributed by atoms with Crippen molar-refractivity contribution in [3.8, 4) is 16.9 Å². The topological polar surface area (TPSA) is 42.0 Å². The molecule has 3 aromatic rings. The number of carbonyl (C=O) groups is 1. The molecule has 1 aliphatic heterocycles. The Hall–Kier alpha value is -3.31. The van der Waals surface area contributed by atoms with Crippen molar-refractivity contribution in [3.05, 3.63) is 84.4 Å². The van der Waals surface area contributed by atoms with Gasteiger partial charge in [0.1, 0.15) is 5.75 Å². The standard InChI is InChI=1S/C33H42N2O3/c1-4-24-38-32(36)33(5-2,29-14-7-6-8-15-29)18-11-19-34-20-22-35(23-21-34)30-16-9-12-27(25-30)28-13-10-17-31(26-28)37-3/h6-10,12-17,25-26H,4-5,11,18-24H2,1-3H3. The summed E-state index contributed by atoms with van der Waals surface area (Å²) in [5.74, 6) is 0.799. The first-order chi connectivity index (χ1) is 18.6. The first-order valence-electron chi connectivity index (χ1n) is 14.0. The monoisotopic (exact) mass is 514 g/mol. The Morgan fingerprint density at radius 3 is 2.26 bits per heavy atom. The summed E-state index contributed by atoms with van der Waals surface area (Å²) >= 11 is 0. The fourth-order valence-electron chi connectivity index (χ4n) is 5.50. The van der Waals surface area contributed by atoms with Gasteiger partial charge in [-0.25, -0.2) is 0 Å². The van der Waals surface area contributed by atoms with Crippen LogP contribution in [0.1, 0.15) is 45.1 Å². The number of nitrogens with zero attached hydrogens (tertiary/aromatic N) is 2. The largest absolute Gasteiger partial charge is 0.497 e. The molecular weight excluding hydrogens is 472 g/mol. The number of piperazine rings is 1. The number of carbonyl (C=O) groups excluding carboxylic acids is 1. The van der Waals surface area contributed by atoms with Gasteiger partial charge in [-0.15, -0.1) is 0 Å². The second-order valence-corrected chi connectivity index (χ2v) is 10.2. The number of benzene rings is 3. The van der Waals surface area contributed by atoms with Gasteiger partial charge in [0, 0.05) is 31.9 Å². The van der Waals surface area contributed by atoms with Gasteiger partial charge in [0.05, 0.1) is 19.1 Å². The molecule has 1 aliphatic rings. The number of rotatable bonds is 12. The third-order valence-corrected chi connectivity index (χ3v) is 7.82. The van der Waals surface area contributed by atoms with Crippen molar-refractivity contribution in [2.45, 2.75) is 44.9 Å². The molecule has 0 bridgehead atoms. The summed E-state index contributed by atoms with van der Waals surface area (Å²) in [6.45, 7) is 9.66. The van der Waals surface area contributed by atoms with Crippen molar-refractivity contribution in [1.29, 1.82) is 0 Å². The van der Waals surface area contributed by atoms with Crippen LogP contribution in [-0.2, 0) is 14.9 Å². The van der Waals surface area contributed by atoms with E-state index in [1.54, 1.807) is 7.11 Å². The number of hydrogen-bond acceptors (Lipinski definition) is 5. The Morgan fingerprint density at radius 1 is 0.868 bits per heavy atom. The summed E-state index contributed by atoms with van der Waals surface area (Å²) in [4.78, 5) is 18.3. The van der Waals surface area contributed by atoms with Gasteiger partial charge in [-0.1, -0.05) is 68.4 Å². The maximum atomic E-state index is 13.3. The number of esters is 1. The molecule has 0 radical (unpaired) electrons. The fraction of sp³-hybridized carbons (Fsp3) is 0.424. The van der Waals surface area contributed by atoms with Gasteiger partial charge < -0.3 is 14.4 Å². The molecule has 0 spiro atoms. The highest BCUT2D eigenvalue weighted by atomic mass is 16.5. The fourth-order valence-corrected chi connectivity index (χ4v) is 5.50. The SMILES string of the molecule is CCCOC(=O)C(CC)(CCCN1CCN(c2cccc(-c3cccc(OC)c3)c2)CC1)c1ccccc1. The molecule has 4 rings (SSSR count). The predicted octanol–water partition coefficient (Wildman–Crippen LogP) is 6.57. The maximum Gasteiger partial charge on any atom is 0.316 e. The molecule has 1 unspecified atom stereocenters. The Bertz CT molecular complexity index is 1160. The zero-order valence-electron chi connectivity index (χ0n) is 23.2. The summed E-state index contributed by atoms with van der Waals surface area (Å²) in [5, 5.41) is 0. The average molecular weight is 515 g/mol. The second kappa shape index (κ2) is 13.5. The molecule has 0 saturated carbocycles. The van der Waals surface area contributed by atoms with Gasteiger partial charge in [0.15, 0.2) is 0 Å². The van der Waals surface area contributed by atoms with Crippen LogP contribution in [0.3, 0.4) is 0 Å². The van der Waals surface area contributed by atoms with Crippen molar-refractivity contribution in [2.24, 2.45) is 0 Å². The first-order valence-corrected chi connectivity index (χ1v) is 14.0. The molecule has 0 aromatic heterocycles. The van der Waals surface area contributed by atoms with Crippen LogP contribution in [0, 0.1) is 0 Å². The minimum absolute atomic E-state index is 0.0752. The van der Waals surface area contributed by atoms with E-state index in [-0.39, 0.29) is 5.97 Å². The van der Waals surface area contributed by atoms with Gasteiger partial charge >= 0.3 is 5.97 Å². The number of hydrogen-bond donors (Lipinski definition) is 0. The van der Waals surface area contributed by atoms with Crippen molar-refractivity contribution < 1.29 is 14.3 Å². The molecular formula is C33H42N2O3. The van der Waals surface area contributed by atoms with Crippen molar-refractivity contribution >= 4 is 11.7 Å². The third-order valence-electron chi connectivity index (χ3n) is 7.82. The van der Waals surface area contributed by atoms with Gasteiger partial charge in [0.2, 0.25) is 0 Å². The number of ether oxygens (including phenoxy) is 2. The molecule has 1 saturated heterocycles. The molecule has 0 aliphatic carbocycles. The van der Waals surface area contributed by atoms with E-state index in [0.717, 1.165) is 69.7 Å². The van der Waals surface area contributed by atoms with E-state index >= 15 is 0 Å². The molecule has 0 amide bonds. The van der Waals surface area contributed by atoms with E-state index in [0.29, 0.717) is 6.61 Å². The Morgan fingerprint density at radius 2 is 1.58 bits per heavy atom. The van der Waals surface area contributed by atoms with Crippen LogP contribution < -0.4 is 9.64 Å².